The van der Waals surface area contributed by atoms with Crippen molar-refractivity contribution in [1.82, 2.24) is 31.2 Å². The van der Waals surface area contributed by atoms with E-state index in [-0.39, 0.29) is 31.3 Å². The summed E-state index contributed by atoms with van der Waals surface area (Å²) in [6.07, 6.45) is 3.38. The smallest absolute Gasteiger partial charge is 0.315 e. The lowest BCUT2D eigenvalue weighted by Gasteiger charge is -2.36. The number of nitrogens with one attached hydrogen (secondary N) is 4. The number of rotatable bonds is 11. The van der Waals surface area contributed by atoms with Crippen molar-refractivity contribution in [2.75, 3.05) is 6.54 Å². The van der Waals surface area contributed by atoms with Gasteiger partial charge in [0.25, 0.3) is 5.91 Å². The Hall–Kier alpha value is -3.41. The molecule has 2 fully saturated rings. The van der Waals surface area contributed by atoms with Crippen LogP contribution in [0.4, 0.5) is 4.79 Å². The number of halogens is 1. The van der Waals surface area contributed by atoms with Crippen LogP contribution in [-0.2, 0) is 19.2 Å². The molecule has 4 unspecified atom stereocenters. The Bertz CT molecular complexity index is 1190. The first-order valence-electron chi connectivity index (χ1n) is 14.8. The largest absolute Gasteiger partial charge is 0.472 e. The SMILES string of the molecule is CCCC(NC(=O)C1CC(Oc2ccc(Cl)cn2)CN1C(=O)C(NC(=O)NC(C)(C)C)C(C)(C)C)C(=O)C(=O)NC1CC1. The Kier molecular flexibility index (Phi) is 11.0. The minimum absolute atomic E-state index is 0.00549. The monoisotopic (exact) mass is 620 g/mol. The molecule has 1 aromatic rings. The minimum Gasteiger partial charge on any atom is -0.472 e. The van der Waals surface area contributed by atoms with Crippen LogP contribution in [0.2, 0.25) is 5.02 Å². The summed E-state index contributed by atoms with van der Waals surface area (Å²) in [5.74, 6) is -2.23. The van der Waals surface area contributed by atoms with Crippen LogP contribution in [0, 0.1) is 5.41 Å². The summed E-state index contributed by atoms with van der Waals surface area (Å²) in [7, 11) is 0. The molecule has 1 saturated heterocycles. The van der Waals surface area contributed by atoms with Crippen LogP contribution in [0.5, 0.6) is 5.88 Å². The summed E-state index contributed by atoms with van der Waals surface area (Å²) in [4.78, 5) is 71.7. The van der Waals surface area contributed by atoms with Gasteiger partial charge in [0.2, 0.25) is 23.5 Å². The van der Waals surface area contributed by atoms with Gasteiger partial charge in [-0.2, -0.15) is 0 Å². The number of Topliss-reactive ketones (excluding diaryl/α,β-unsaturated/α-hetero) is 1. The molecule has 2 aliphatic rings. The molecular formula is C30H45ClN6O6. The van der Waals surface area contributed by atoms with Crippen LogP contribution in [-0.4, -0.2) is 81.8 Å². The van der Waals surface area contributed by atoms with E-state index in [2.05, 4.69) is 26.3 Å². The standard InChI is InChI=1S/C30H45ClN6O6/c1-8-9-20(23(38)26(40)33-18-11-12-18)34-25(39)21-14-19(43-22-13-10-17(31)15-32-22)16-37(21)27(41)24(29(2,3)4)35-28(42)36-30(5,6)7/h10,13,15,18-21,24H,8-9,11-12,14,16H2,1-7H3,(H,33,40)(H,34,39)(H2,35,36,42). The second-order valence-electron chi connectivity index (χ2n) is 13.4. The topological polar surface area (TPSA) is 159 Å². The highest BCUT2D eigenvalue weighted by atomic mass is 35.5. The fraction of sp³-hybridized carbons (Fsp3) is 0.667. The van der Waals surface area contributed by atoms with Crippen LogP contribution >= 0.6 is 11.6 Å². The lowest BCUT2D eigenvalue weighted by molar-refractivity contribution is -0.144. The third-order valence-corrected chi connectivity index (χ3v) is 7.28. The number of hydrogen-bond donors (Lipinski definition) is 4. The van der Waals surface area contributed by atoms with E-state index in [1.165, 1.54) is 11.1 Å². The second-order valence-corrected chi connectivity index (χ2v) is 13.8. The maximum absolute atomic E-state index is 14.1. The molecule has 43 heavy (non-hydrogen) atoms. The van der Waals surface area contributed by atoms with E-state index in [0.29, 0.717) is 11.4 Å². The number of ketones is 1. The van der Waals surface area contributed by atoms with Crippen LogP contribution in [0.15, 0.2) is 18.3 Å². The van der Waals surface area contributed by atoms with Gasteiger partial charge in [-0.05, 0) is 51.5 Å². The Morgan fingerprint density at radius 1 is 1.07 bits per heavy atom. The van der Waals surface area contributed by atoms with Crippen molar-refractivity contribution >= 4 is 41.1 Å². The van der Waals surface area contributed by atoms with Gasteiger partial charge in [-0.25, -0.2) is 9.78 Å². The van der Waals surface area contributed by atoms with E-state index in [4.69, 9.17) is 16.3 Å². The molecule has 0 radical (unpaired) electrons. The third kappa shape index (κ3) is 10.1. The number of amides is 5. The molecular weight excluding hydrogens is 576 g/mol. The molecule has 1 saturated carbocycles. The van der Waals surface area contributed by atoms with E-state index in [1.807, 2.05) is 48.5 Å². The molecule has 4 atom stereocenters. The van der Waals surface area contributed by atoms with Gasteiger partial charge in [0, 0.05) is 30.3 Å². The van der Waals surface area contributed by atoms with Crippen molar-refractivity contribution in [3.8, 4) is 5.88 Å². The predicted molar refractivity (Wildman–Crippen MR) is 161 cm³/mol. The quantitative estimate of drug-likeness (QED) is 0.277. The molecule has 1 aliphatic carbocycles. The molecule has 1 aromatic heterocycles. The number of likely N-dealkylation sites (tertiary alicyclic amines) is 1. The van der Waals surface area contributed by atoms with Crippen molar-refractivity contribution in [2.24, 2.45) is 5.41 Å². The molecule has 0 aromatic carbocycles. The third-order valence-electron chi connectivity index (χ3n) is 7.06. The number of ether oxygens (including phenoxy) is 1. The average Bonchev–Trinajstić information content (AvgIpc) is 3.61. The zero-order valence-electron chi connectivity index (χ0n) is 26.1. The van der Waals surface area contributed by atoms with Gasteiger partial charge in [-0.15, -0.1) is 0 Å². The first-order valence-corrected chi connectivity index (χ1v) is 15.2. The summed E-state index contributed by atoms with van der Waals surface area (Å²) in [5.41, 5.74) is -1.26. The Labute approximate surface area is 258 Å². The van der Waals surface area contributed by atoms with Gasteiger partial charge < -0.3 is 30.9 Å². The van der Waals surface area contributed by atoms with E-state index in [0.717, 1.165) is 12.8 Å². The molecule has 0 bridgehead atoms. The summed E-state index contributed by atoms with van der Waals surface area (Å²) >= 11 is 5.95. The number of aromatic nitrogens is 1. The lowest BCUT2D eigenvalue weighted by atomic mass is 9.85. The number of pyridine rings is 1. The van der Waals surface area contributed by atoms with Gasteiger partial charge >= 0.3 is 6.03 Å². The zero-order chi connectivity index (χ0) is 32.1. The number of carbonyl (C=O) groups is 5. The van der Waals surface area contributed by atoms with E-state index in [9.17, 15) is 24.0 Å². The molecule has 5 amide bonds. The van der Waals surface area contributed by atoms with E-state index < -0.39 is 64.7 Å². The van der Waals surface area contributed by atoms with E-state index in [1.54, 1.807) is 12.1 Å². The number of nitrogens with zero attached hydrogens (tertiary/aromatic N) is 2. The lowest BCUT2D eigenvalue weighted by Crippen LogP contribution is -2.61. The fourth-order valence-corrected chi connectivity index (χ4v) is 4.88. The molecule has 2 heterocycles. The van der Waals surface area contributed by atoms with E-state index >= 15 is 0 Å². The number of urea groups is 1. The van der Waals surface area contributed by atoms with Crippen molar-refractivity contribution in [3.05, 3.63) is 23.4 Å². The Morgan fingerprint density at radius 3 is 2.28 bits per heavy atom. The summed E-state index contributed by atoms with van der Waals surface area (Å²) in [5, 5.41) is 11.4. The zero-order valence-corrected chi connectivity index (χ0v) is 26.8. The van der Waals surface area contributed by atoms with Crippen molar-refractivity contribution in [3.63, 3.8) is 0 Å². The summed E-state index contributed by atoms with van der Waals surface area (Å²) in [6, 6.07) is -0.376. The predicted octanol–water partition coefficient (Wildman–Crippen LogP) is 2.73. The van der Waals surface area contributed by atoms with Crippen molar-refractivity contribution in [1.29, 1.82) is 0 Å². The maximum atomic E-state index is 14.1. The Morgan fingerprint density at radius 2 is 1.74 bits per heavy atom. The van der Waals surface area contributed by atoms with Crippen LogP contribution in [0.1, 0.15) is 80.6 Å². The minimum atomic E-state index is -1.04. The molecule has 3 rings (SSSR count). The highest BCUT2D eigenvalue weighted by Gasteiger charge is 2.46. The van der Waals surface area contributed by atoms with Crippen molar-refractivity contribution < 1.29 is 28.7 Å². The van der Waals surface area contributed by atoms with Gasteiger partial charge in [0.05, 0.1) is 17.6 Å². The van der Waals surface area contributed by atoms with Crippen LogP contribution in [0.25, 0.3) is 0 Å². The Balaban J connectivity index is 1.86. The molecule has 13 heteroatoms. The summed E-state index contributed by atoms with van der Waals surface area (Å²) < 4.78 is 6.02. The fourth-order valence-electron chi connectivity index (χ4n) is 4.77. The molecule has 1 aliphatic heterocycles. The first-order chi connectivity index (χ1) is 20.0. The van der Waals surface area contributed by atoms with Crippen molar-refractivity contribution in [2.45, 2.75) is 116 Å². The van der Waals surface area contributed by atoms with Gasteiger partial charge in [-0.1, -0.05) is 45.7 Å². The average molecular weight is 621 g/mol. The van der Waals surface area contributed by atoms with Gasteiger partial charge in [-0.3, -0.25) is 19.2 Å². The van der Waals surface area contributed by atoms with Gasteiger partial charge in [0.1, 0.15) is 18.2 Å². The highest BCUT2D eigenvalue weighted by Crippen LogP contribution is 2.28. The molecule has 0 spiro atoms. The van der Waals surface area contributed by atoms with Crippen LogP contribution in [0.3, 0.4) is 0 Å². The highest BCUT2D eigenvalue weighted by molar-refractivity contribution is 6.38. The molecule has 238 valence electrons. The normalized spacial score (nSPS) is 20.0. The summed E-state index contributed by atoms with van der Waals surface area (Å²) in [6.45, 7) is 12.8. The second kappa shape index (κ2) is 13.9. The molecule has 4 N–H and O–H groups in total. The maximum Gasteiger partial charge on any atom is 0.315 e. The number of carbonyl (C=O) groups excluding carboxylic acids is 5. The molecule has 12 nitrogen and oxygen atoms in total. The van der Waals surface area contributed by atoms with Crippen LogP contribution < -0.4 is 26.0 Å². The first kappa shape index (κ1) is 34.1. The number of hydrogen-bond acceptors (Lipinski definition) is 7. The van der Waals surface area contributed by atoms with Gasteiger partial charge in [0.15, 0.2) is 0 Å².